The van der Waals surface area contributed by atoms with Crippen LogP contribution in [0.3, 0.4) is 0 Å². The van der Waals surface area contributed by atoms with Gasteiger partial charge in [-0.25, -0.2) is 8.42 Å². The van der Waals surface area contributed by atoms with Crippen molar-refractivity contribution in [1.29, 1.82) is 0 Å². The van der Waals surface area contributed by atoms with Crippen LogP contribution < -0.4 is 0 Å². The zero-order valence-electron chi connectivity index (χ0n) is 16.5. The lowest BCUT2D eigenvalue weighted by molar-refractivity contribution is 0.0793. The van der Waals surface area contributed by atoms with Crippen LogP contribution in [0.1, 0.15) is 41.6 Å². The van der Waals surface area contributed by atoms with Gasteiger partial charge in [0.2, 0.25) is 10.0 Å². The first-order valence-corrected chi connectivity index (χ1v) is 11.8. The Morgan fingerprint density at radius 2 is 1.69 bits per heavy atom. The van der Waals surface area contributed by atoms with E-state index in [1.807, 2.05) is 29.2 Å². The molecule has 0 aliphatic carbocycles. The molecule has 6 nitrogen and oxygen atoms in total. The molecule has 4 rings (SSSR count). The molecule has 154 valence electrons. The molecule has 0 saturated carbocycles. The normalized spacial score (nSPS) is 18.8. The van der Waals surface area contributed by atoms with Gasteiger partial charge in [0.25, 0.3) is 5.91 Å². The van der Waals surface area contributed by atoms with E-state index in [-0.39, 0.29) is 10.8 Å². The first kappa shape index (κ1) is 20.0. The van der Waals surface area contributed by atoms with Crippen LogP contribution in [0.25, 0.3) is 0 Å². The molecule has 1 amide bonds. The molecule has 2 fully saturated rings. The molecule has 3 heterocycles. The van der Waals surface area contributed by atoms with E-state index in [0.29, 0.717) is 19.0 Å². The molecule has 0 bridgehead atoms. The number of likely N-dealkylation sites (tertiary alicyclic amines) is 1. The second-order valence-corrected chi connectivity index (χ2v) is 9.87. The Labute approximate surface area is 172 Å². The van der Waals surface area contributed by atoms with E-state index in [4.69, 9.17) is 0 Å². The smallest absolute Gasteiger partial charge is 0.253 e. The Hall–Kier alpha value is -2.25. The number of pyridine rings is 1. The molecule has 0 unspecified atom stereocenters. The van der Waals surface area contributed by atoms with Gasteiger partial charge in [0.1, 0.15) is 4.90 Å². The van der Waals surface area contributed by atoms with E-state index < -0.39 is 10.0 Å². The van der Waals surface area contributed by atoms with Crippen molar-refractivity contribution in [2.24, 2.45) is 5.92 Å². The lowest BCUT2D eigenvalue weighted by atomic mass is 9.90. The van der Waals surface area contributed by atoms with E-state index in [2.05, 4.69) is 4.98 Å². The monoisotopic (exact) mass is 413 g/mol. The maximum atomic E-state index is 12.7. The number of nitrogens with zero attached hydrogens (tertiary/aromatic N) is 3. The molecule has 0 spiro atoms. The highest BCUT2D eigenvalue weighted by Crippen LogP contribution is 2.26. The molecule has 0 N–H and O–H groups in total. The van der Waals surface area contributed by atoms with Crippen molar-refractivity contribution in [2.45, 2.75) is 37.0 Å². The molecule has 1 aromatic carbocycles. The van der Waals surface area contributed by atoms with E-state index in [0.717, 1.165) is 50.8 Å². The number of carbonyl (C=O) groups excluding carboxylic acids is 1. The van der Waals surface area contributed by atoms with Crippen molar-refractivity contribution in [3.05, 3.63) is 59.9 Å². The standard InChI is InChI=1S/C22H27N3O3S/c26-22(24-12-1-2-13-24)20-7-5-18(6-8-20)16-19-9-14-25(15-10-19)29(27,28)21-4-3-11-23-17-21/h3-8,11,17,19H,1-2,9-10,12-16H2. The van der Waals surface area contributed by atoms with Crippen LogP contribution >= 0.6 is 0 Å². The van der Waals surface area contributed by atoms with Gasteiger partial charge in [-0.3, -0.25) is 9.78 Å². The number of sulfonamides is 1. The zero-order chi connectivity index (χ0) is 20.3. The van der Waals surface area contributed by atoms with E-state index in [1.54, 1.807) is 22.6 Å². The summed E-state index contributed by atoms with van der Waals surface area (Å²) in [6, 6.07) is 11.2. The lowest BCUT2D eigenvalue weighted by Gasteiger charge is -2.31. The van der Waals surface area contributed by atoms with Crippen molar-refractivity contribution >= 4 is 15.9 Å². The van der Waals surface area contributed by atoms with Crippen molar-refractivity contribution in [1.82, 2.24) is 14.2 Å². The van der Waals surface area contributed by atoms with E-state index in [1.165, 1.54) is 11.8 Å². The summed E-state index contributed by atoms with van der Waals surface area (Å²) in [5, 5.41) is 0. The summed E-state index contributed by atoms with van der Waals surface area (Å²) < 4.78 is 27.0. The van der Waals surface area contributed by atoms with Crippen molar-refractivity contribution in [2.75, 3.05) is 26.2 Å². The molecular weight excluding hydrogens is 386 g/mol. The van der Waals surface area contributed by atoms with Gasteiger partial charge in [-0.05, 0) is 67.9 Å². The van der Waals surface area contributed by atoms with Crippen LogP contribution in [-0.2, 0) is 16.4 Å². The molecule has 1 aromatic heterocycles. The minimum absolute atomic E-state index is 0.128. The van der Waals surface area contributed by atoms with Gasteiger partial charge in [-0.1, -0.05) is 12.1 Å². The number of amides is 1. The Bertz CT molecular complexity index is 931. The maximum Gasteiger partial charge on any atom is 0.253 e. The first-order valence-electron chi connectivity index (χ1n) is 10.3. The van der Waals surface area contributed by atoms with Crippen LogP contribution in [0.4, 0.5) is 0 Å². The fraction of sp³-hybridized carbons (Fsp3) is 0.455. The summed E-state index contributed by atoms with van der Waals surface area (Å²) in [7, 11) is -3.45. The highest BCUT2D eigenvalue weighted by Gasteiger charge is 2.29. The fourth-order valence-electron chi connectivity index (χ4n) is 4.22. The number of rotatable bonds is 5. The van der Waals surface area contributed by atoms with Gasteiger partial charge in [-0.2, -0.15) is 4.31 Å². The Kier molecular flexibility index (Phi) is 5.96. The van der Waals surface area contributed by atoms with Crippen LogP contribution in [0.2, 0.25) is 0 Å². The van der Waals surface area contributed by atoms with Gasteiger partial charge in [0, 0.05) is 44.1 Å². The highest BCUT2D eigenvalue weighted by molar-refractivity contribution is 7.89. The number of benzene rings is 1. The van der Waals surface area contributed by atoms with Gasteiger partial charge in [0.15, 0.2) is 0 Å². The quantitative estimate of drug-likeness (QED) is 0.756. The van der Waals surface area contributed by atoms with Gasteiger partial charge in [-0.15, -0.1) is 0 Å². The summed E-state index contributed by atoms with van der Waals surface area (Å²) >= 11 is 0. The van der Waals surface area contributed by atoms with E-state index in [9.17, 15) is 13.2 Å². The number of aromatic nitrogens is 1. The first-order chi connectivity index (χ1) is 14.0. The lowest BCUT2D eigenvalue weighted by Crippen LogP contribution is -2.38. The molecule has 2 aromatic rings. The van der Waals surface area contributed by atoms with Crippen LogP contribution in [-0.4, -0.2) is 54.7 Å². The molecule has 0 radical (unpaired) electrons. The molecule has 2 aliphatic heterocycles. The average Bonchev–Trinajstić information content (AvgIpc) is 3.30. The topological polar surface area (TPSA) is 70.6 Å². The fourth-order valence-corrected chi connectivity index (χ4v) is 5.66. The summed E-state index contributed by atoms with van der Waals surface area (Å²) in [4.78, 5) is 18.6. The van der Waals surface area contributed by atoms with Crippen LogP contribution in [0.15, 0.2) is 53.7 Å². The number of carbonyl (C=O) groups is 1. The number of hydrogen-bond acceptors (Lipinski definition) is 4. The van der Waals surface area contributed by atoms with Crippen LogP contribution in [0, 0.1) is 5.92 Å². The van der Waals surface area contributed by atoms with Crippen LogP contribution in [0.5, 0.6) is 0 Å². The molecule has 0 atom stereocenters. The third-order valence-electron chi connectivity index (χ3n) is 5.96. The third kappa shape index (κ3) is 4.51. The molecule has 29 heavy (non-hydrogen) atoms. The molecule has 7 heteroatoms. The summed E-state index contributed by atoms with van der Waals surface area (Å²) in [5.74, 6) is 0.582. The van der Waals surface area contributed by atoms with Gasteiger partial charge >= 0.3 is 0 Å². The Morgan fingerprint density at radius 3 is 2.31 bits per heavy atom. The molecular formula is C22H27N3O3S. The third-order valence-corrected chi connectivity index (χ3v) is 7.85. The average molecular weight is 414 g/mol. The Morgan fingerprint density at radius 1 is 1.00 bits per heavy atom. The van der Waals surface area contributed by atoms with Gasteiger partial charge in [0.05, 0.1) is 0 Å². The number of piperidine rings is 1. The van der Waals surface area contributed by atoms with Crippen molar-refractivity contribution in [3.63, 3.8) is 0 Å². The van der Waals surface area contributed by atoms with Crippen molar-refractivity contribution < 1.29 is 13.2 Å². The second kappa shape index (κ2) is 8.63. The Balaban J connectivity index is 1.32. The van der Waals surface area contributed by atoms with E-state index >= 15 is 0 Å². The molecule has 2 saturated heterocycles. The largest absolute Gasteiger partial charge is 0.339 e. The maximum absolute atomic E-state index is 12.7. The van der Waals surface area contributed by atoms with Crippen molar-refractivity contribution in [3.8, 4) is 0 Å². The summed E-state index contributed by atoms with van der Waals surface area (Å²) in [6.45, 7) is 2.79. The predicted molar refractivity (Wildman–Crippen MR) is 111 cm³/mol. The predicted octanol–water partition coefficient (Wildman–Crippen LogP) is 2.96. The summed E-state index contributed by atoms with van der Waals surface area (Å²) in [6.07, 6.45) is 7.78. The summed E-state index contributed by atoms with van der Waals surface area (Å²) in [5.41, 5.74) is 1.96. The number of hydrogen-bond donors (Lipinski definition) is 0. The minimum atomic E-state index is -3.45. The highest BCUT2D eigenvalue weighted by atomic mass is 32.2. The van der Waals surface area contributed by atoms with Gasteiger partial charge < -0.3 is 4.90 Å². The minimum Gasteiger partial charge on any atom is -0.339 e. The molecule has 2 aliphatic rings. The zero-order valence-corrected chi connectivity index (χ0v) is 17.4. The SMILES string of the molecule is O=C(c1ccc(CC2CCN(S(=O)(=O)c3cccnc3)CC2)cc1)N1CCCC1. The second-order valence-electron chi connectivity index (χ2n) is 7.94.